The fraction of sp³-hybridized carbons (Fsp3) is 0.357. The van der Waals surface area contributed by atoms with Crippen molar-refractivity contribution in [3.8, 4) is 5.82 Å². The molecule has 106 valence electrons. The molecular weight excluding hydrogens is 254 g/mol. The SMILES string of the molecule is CCc1c(C(=O)NCCNC)cnn1-c1ccccn1. The van der Waals surface area contributed by atoms with Crippen molar-refractivity contribution in [2.45, 2.75) is 13.3 Å². The quantitative estimate of drug-likeness (QED) is 0.763. The van der Waals surface area contributed by atoms with E-state index in [0.29, 0.717) is 18.5 Å². The minimum Gasteiger partial charge on any atom is -0.351 e. The summed E-state index contributed by atoms with van der Waals surface area (Å²) in [5, 5.41) is 10.1. The van der Waals surface area contributed by atoms with Gasteiger partial charge in [0.05, 0.1) is 17.5 Å². The molecule has 6 nitrogen and oxygen atoms in total. The Hall–Kier alpha value is -2.21. The summed E-state index contributed by atoms with van der Waals surface area (Å²) in [5.41, 5.74) is 1.47. The second-order valence-corrected chi connectivity index (χ2v) is 4.32. The minimum atomic E-state index is -0.0979. The normalized spacial score (nSPS) is 10.5. The molecule has 0 atom stereocenters. The third-order valence-corrected chi connectivity index (χ3v) is 2.98. The maximum Gasteiger partial charge on any atom is 0.254 e. The minimum absolute atomic E-state index is 0.0979. The highest BCUT2D eigenvalue weighted by atomic mass is 16.1. The topological polar surface area (TPSA) is 71.8 Å². The summed E-state index contributed by atoms with van der Waals surface area (Å²) in [6.45, 7) is 3.33. The van der Waals surface area contributed by atoms with Gasteiger partial charge in [0.15, 0.2) is 5.82 Å². The average molecular weight is 273 g/mol. The number of pyridine rings is 1. The summed E-state index contributed by atoms with van der Waals surface area (Å²) in [4.78, 5) is 16.4. The molecule has 2 heterocycles. The van der Waals surface area contributed by atoms with Crippen LogP contribution in [0.4, 0.5) is 0 Å². The summed E-state index contributed by atoms with van der Waals surface area (Å²) in [6, 6.07) is 5.62. The zero-order valence-corrected chi connectivity index (χ0v) is 11.8. The first kappa shape index (κ1) is 14.2. The van der Waals surface area contributed by atoms with Crippen LogP contribution in [0, 0.1) is 0 Å². The number of rotatable bonds is 6. The van der Waals surface area contributed by atoms with Crippen LogP contribution in [0.25, 0.3) is 5.82 Å². The van der Waals surface area contributed by atoms with Crippen LogP contribution >= 0.6 is 0 Å². The Morgan fingerprint density at radius 2 is 2.20 bits per heavy atom. The summed E-state index contributed by atoms with van der Waals surface area (Å²) in [7, 11) is 1.85. The van der Waals surface area contributed by atoms with Crippen molar-refractivity contribution in [3.63, 3.8) is 0 Å². The summed E-state index contributed by atoms with van der Waals surface area (Å²) < 4.78 is 1.72. The van der Waals surface area contributed by atoms with Crippen molar-refractivity contribution in [1.82, 2.24) is 25.4 Å². The van der Waals surface area contributed by atoms with E-state index in [-0.39, 0.29) is 5.91 Å². The van der Waals surface area contributed by atoms with Crippen LogP contribution < -0.4 is 10.6 Å². The van der Waals surface area contributed by atoms with E-state index >= 15 is 0 Å². The number of nitrogens with zero attached hydrogens (tertiary/aromatic N) is 3. The van der Waals surface area contributed by atoms with Gasteiger partial charge in [-0.3, -0.25) is 4.79 Å². The first-order valence-electron chi connectivity index (χ1n) is 6.69. The highest BCUT2D eigenvalue weighted by Gasteiger charge is 2.16. The molecule has 0 saturated carbocycles. The van der Waals surface area contributed by atoms with Crippen LogP contribution in [-0.4, -0.2) is 40.8 Å². The lowest BCUT2D eigenvalue weighted by Crippen LogP contribution is -2.30. The first-order valence-corrected chi connectivity index (χ1v) is 6.69. The van der Waals surface area contributed by atoms with Gasteiger partial charge in [0.25, 0.3) is 5.91 Å². The molecular formula is C14H19N5O. The highest BCUT2D eigenvalue weighted by molar-refractivity contribution is 5.95. The van der Waals surface area contributed by atoms with E-state index in [9.17, 15) is 4.79 Å². The zero-order chi connectivity index (χ0) is 14.4. The van der Waals surface area contributed by atoms with E-state index in [2.05, 4.69) is 20.7 Å². The molecule has 0 radical (unpaired) electrons. The summed E-state index contributed by atoms with van der Waals surface area (Å²) in [6.07, 6.45) is 4.02. The van der Waals surface area contributed by atoms with Gasteiger partial charge in [-0.15, -0.1) is 0 Å². The van der Waals surface area contributed by atoms with Crippen LogP contribution in [0.15, 0.2) is 30.6 Å². The number of amides is 1. The molecule has 0 unspecified atom stereocenters. The van der Waals surface area contributed by atoms with Crippen molar-refractivity contribution in [3.05, 3.63) is 41.9 Å². The number of carbonyl (C=O) groups is 1. The monoisotopic (exact) mass is 273 g/mol. The number of likely N-dealkylation sites (N-methyl/N-ethyl adjacent to an activating group) is 1. The number of aromatic nitrogens is 3. The van der Waals surface area contributed by atoms with E-state index in [1.807, 2.05) is 32.2 Å². The van der Waals surface area contributed by atoms with Crippen molar-refractivity contribution < 1.29 is 4.79 Å². The lowest BCUT2D eigenvalue weighted by atomic mass is 10.2. The van der Waals surface area contributed by atoms with Crippen molar-refractivity contribution in [2.75, 3.05) is 20.1 Å². The van der Waals surface area contributed by atoms with Crippen LogP contribution in [-0.2, 0) is 6.42 Å². The van der Waals surface area contributed by atoms with Gasteiger partial charge in [0, 0.05) is 19.3 Å². The van der Waals surface area contributed by atoms with Crippen LogP contribution in [0.1, 0.15) is 23.0 Å². The Labute approximate surface area is 118 Å². The Kier molecular flexibility index (Phi) is 4.84. The van der Waals surface area contributed by atoms with Crippen LogP contribution in [0.5, 0.6) is 0 Å². The Morgan fingerprint density at radius 3 is 2.85 bits per heavy atom. The summed E-state index contributed by atoms with van der Waals surface area (Å²) >= 11 is 0. The molecule has 2 N–H and O–H groups in total. The smallest absolute Gasteiger partial charge is 0.254 e. The number of hydrogen-bond donors (Lipinski definition) is 2. The second kappa shape index (κ2) is 6.81. The summed E-state index contributed by atoms with van der Waals surface area (Å²) in [5.74, 6) is 0.623. The maximum absolute atomic E-state index is 12.1. The van der Waals surface area contributed by atoms with Gasteiger partial charge in [0.2, 0.25) is 0 Å². The molecule has 0 aliphatic rings. The molecule has 0 bridgehead atoms. The number of hydrogen-bond acceptors (Lipinski definition) is 4. The van der Waals surface area contributed by atoms with Crippen molar-refractivity contribution in [1.29, 1.82) is 0 Å². The molecule has 6 heteroatoms. The Balaban J connectivity index is 2.24. The fourth-order valence-corrected chi connectivity index (χ4v) is 1.98. The molecule has 0 spiro atoms. The Bertz CT molecular complexity index is 564. The van der Waals surface area contributed by atoms with Gasteiger partial charge in [0.1, 0.15) is 0 Å². The second-order valence-electron chi connectivity index (χ2n) is 4.32. The first-order chi connectivity index (χ1) is 9.77. The molecule has 0 aliphatic heterocycles. The van der Waals surface area contributed by atoms with Crippen molar-refractivity contribution >= 4 is 5.91 Å². The molecule has 0 saturated heterocycles. The molecule has 0 aliphatic carbocycles. The van der Waals surface area contributed by atoms with E-state index in [1.165, 1.54) is 0 Å². The predicted octanol–water partition coefficient (Wildman–Crippen LogP) is 0.779. The lowest BCUT2D eigenvalue weighted by molar-refractivity contribution is 0.0953. The van der Waals surface area contributed by atoms with Gasteiger partial charge in [-0.2, -0.15) is 5.10 Å². The van der Waals surface area contributed by atoms with Gasteiger partial charge in [-0.05, 0) is 25.6 Å². The zero-order valence-electron chi connectivity index (χ0n) is 11.8. The predicted molar refractivity (Wildman–Crippen MR) is 77.0 cm³/mol. The largest absolute Gasteiger partial charge is 0.351 e. The van der Waals surface area contributed by atoms with E-state index in [1.54, 1.807) is 17.1 Å². The number of nitrogens with one attached hydrogen (secondary N) is 2. The molecule has 0 aromatic carbocycles. The average Bonchev–Trinajstić information content (AvgIpc) is 2.92. The van der Waals surface area contributed by atoms with Gasteiger partial charge in [-0.25, -0.2) is 9.67 Å². The van der Waals surface area contributed by atoms with E-state index < -0.39 is 0 Å². The molecule has 1 amide bonds. The van der Waals surface area contributed by atoms with Crippen LogP contribution in [0.2, 0.25) is 0 Å². The van der Waals surface area contributed by atoms with Gasteiger partial charge >= 0.3 is 0 Å². The van der Waals surface area contributed by atoms with Crippen molar-refractivity contribution in [2.24, 2.45) is 0 Å². The van der Waals surface area contributed by atoms with Gasteiger partial charge < -0.3 is 10.6 Å². The molecule has 2 rings (SSSR count). The third-order valence-electron chi connectivity index (χ3n) is 2.98. The number of carbonyl (C=O) groups excluding carboxylic acids is 1. The third kappa shape index (κ3) is 3.03. The highest BCUT2D eigenvalue weighted by Crippen LogP contribution is 2.13. The maximum atomic E-state index is 12.1. The molecule has 0 fully saturated rings. The molecule has 2 aromatic heterocycles. The molecule has 2 aromatic rings. The lowest BCUT2D eigenvalue weighted by Gasteiger charge is -2.07. The standard InChI is InChI=1S/C14H19N5O/c1-3-12-11(14(20)17-9-8-15-2)10-18-19(12)13-6-4-5-7-16-13/h4-7,10,15H,3,8-9H2,1-2H3,(H,17,20). The molecule has 20 heavy (non-hydrogen) atoms. The fourth-order valence-electron chi connectivity index (χ4n) is 1.98. The van der Waals surface area contributed by atoms with E-state index in [4.69, 9.17) is 0 Å². The Morgan fingerprint density at radius 1 is 1.35 bits per heavy atom. The van der Waals surface area contributed by atoms with Gasteiger partial charge in [-0.1, -0.05) is 13.0 Å². The van der Waals surface area contributed by atoms with E-state index in [0.717, 1.165) is 18.1 Å². The van der Waals surface area contributed by atoms with Crippen LogP contribution in [0.3, 0.4) is 0 Å².